The molecule has 72 valence electrons. The summed E-state index contributed by atoms with van der Waals surface area (Å²) in [6, 6.07) is 10.6. The van der Waals surface area contributed by atoms with Crippen LogP contribution < -0.4 is 5.19 Å². The van der Waals surface area contributed by atoms with E-state index in [1.54, 1.807) is 0 Å². The van der Waals surface area contributed by atoms with Crippen LogP contribution in [0.3, 0.4) is 0 Å². The van der Waals surface area contributed by atoms with Crippen LogP contribution in [0, 0.1) is 0 Å². The predicted molar refractivity (Wildman–Crippen MR) is 63.5 cm³/mol. The maximum Gasteiger partial charge on any atom is 0.192 e. The molecule has 1 aromatic carbocycles. The fraction of sp³-hybridized carbons (Fsp3) is 0.400. The van der Waals surface area contributed by atoms with Gasteiger partial charge in [-0.05, 0) is 31.4 Å². The summed E-state index contributed by atoms with van der Waals surface area (Å²) >= 11 is 0. The first-order chi connectivity index (χ1) is 5.99. The molecule has 0 amide bonds. The van der Waals surface area contributed by atoms with Gasteiger partial charge in [0.05, 0.1) is 0 Å². The third-order valence-corrected chi connectivity index (χ3v) is 7.37. The summed E-state index contributed by atoms with van der Waals surface area (Å²) in [7, 11) is -2.47. The monoisotopic (exact) mass is 210 g/mol. The van der Waals surface area contributed by atoms with Gasteiger partial charge in [0.1, 0.15) is 0 Å². The highest BCUT2D eigenvalue weighted by atomic mass is 28.4. The van der Waals surface area contributed by atoms with Gasteiger partial charge in [0.15, 0.2) is 17.4 Å². The van der Waals surface area contributed by atoms with E-state index >= 15 is 0 Å². The van der Waals surface area contributed by atoms with Gasteiger partial charge in [-0.25, -0.2) is 0 Å². The normalized spacial score (nSPS) is 14.2. The summed E-state index contributed by atoms with van der Waals surface area (Å²) in [5.74, 6) is 0. The fourth-order valence-corrected chi connectivity index (χ4v) is 6.87. The summed E-state index contributed by atoms with van der Waals surface area (Å²) in [5.41, 5.74) is 0. The van der Waals surface area contributed by atoms with Gasteiger partial charge in [-0.3, -0.25) is 0 Å². The number of hydrogen-bond donors (Lipinski definition) is 0. The Morgan fingerprint density at radius 2 is 1.62 bits per heavy atom. The van der Waals surface area contributed by atoms with E-state index in [0.29, 0.717) is 0 Å². The molecule has 0 saturated heterocycles. The first-order valence-electron chi connectivity index (χ1n) is 4.72. The summed E-state index contributed by atoms with van der Waals surface area (Å²) < 4.78 is 6.10. The zero-order valence-electron chi connectivity index (χ0n) is 8.87. The highest BCUT2D eigenvalue weighted by Crippen LogP contribution is 2.04. The molecule has 1 unspecified atom stereocenters. The van der Waals surface area contributed by atoms with Crippen LogP contribution in [0.5, 0.6) is 0 Å². The SMILES string of the molecule is C[SiH](O[Si](C)(C)C)c1ccccc1. The number of rotatable bonds is 3. The van der Waals surface area contributed by atoms with Crippen molar-refractivity contribution in [1.82, 2.24) is 0 Å². The lowest BCUT2D eigenvalue weighted by atomic mass is 10.4. The Morgan fingerprint density at radius 3 is 2.08 bits per heavy atom. The second-order valence-electron chi connectivity index (χ2n) is 4.28. The minimum Gasteiger partial charge on any atom is -0.455 e. The van der Waals surface area contributed by atoms with E-state index in [-0.39, 0.29) is 0 Å². The lowest BCUT2D eigenvalue weighted by Gasteiger charge is -2.23. The van der Waals surface area contributed by atoms with Crippen LogP contribution in [0.2, 0.25) is 26.2 Å². The molecule has 0 aliphatic rings. The van der Waals surface area contributed by atoms with Crippen LogP contribution in [0.25, 0.3) is 0 Å². The highest BCUT2D eigenvalue weighted by molar-refractivity contribution is 6.81. The minimum atomic E-state index is -1.34. The molecule has 0 aliphatic heterocycles. The molecule has 0 N–H and O–H groups in total. The van der Waals surface area contributed by atoms with Crippen LogP contribution in [0.15, 0.2) is 30.3 Å². The second-order valence-corrected chi connectivity index (χ2v) is 11.4. The van der Waals surface area contributed by atoms with Crippen LogP contribution in [-0.4, -0.2) is 17.4 Å². The van der Waals surface area contributed by atoms with Crippen molar-refractivity contribution in [3.8, 4) is 0 Å². The second kappa shape index (κ2) is 4.22. The molecule has 13 heavy (non-hydrogen) atoms. The molecule has 1 rings (SSSR count). The van der Waals surface area contributed by atoms with Crippen molar-refractivity contribution in [2.75, 3.05) is 0 Å². The van der Waals surface area contributed by atoms with Gasteiger partial charge in [-0.15, -0.1) is 0 Å². The molecule has 0 radical (unpaired) electrons. The average molecular weight is 210 g/mol. The molecule has 0 fully saturated rings. The first kappa shape index (κ1) is 10.7. The van der Waals surface area contributed by atoms with Crippen LogP contribution in [-0.2, 0) is 4.12 Å². The van der Waals surface area contributed by atoms with E-state index in [0.717, 1.165) is 0 Å². The van der Waals surface area contributed by atoms with Crippen molar-refractivity contribution in [2.45, 2.75) is 26.2 Å². The standard InChI is InChI=1S/C10H18OSi2/c1-12(11-13(2,3)4)10-8-6-5-7-9-10/h5-9,12H,1-4H3. The van der Waals surface area contributed by atoms with Crippen molar-refractivity contribution < 1.29 is 4.12 Å². The molecule has 1 atom stereocenters. The van der Waals surface area contributed by atoms with Gasteiger partial charge >= 0.3 is 0 Å². The minimum absolute atomic E-state index is 1.12. The molecule has 0 bridgehead atoms. The van der Waals surface area contributed by atoms with Gasteiger partial charge < -0.3 is 4.12 Å². The Morgan fingerprint density at radius 1 is 1.08 bits per heavy atom. The lowest BCUT2D eigenvalue weighted by Crippen LogP contribution is -2.40. The maximum absolute atomic E-state index is 6.10. The van der Waals surface area contributed by atoms with Crippen LogP contribution in [0.4, 0.5) is 0 Å². The number of benzene rings is 1. The van der Waals surface area contributed by atoms with E-state index in [4.69, 9.17) is 4.12 Å². The van der Waals surface area contributed by atoms with E-state index in [2.05, 4.69) is 56.5 Å². The zero-order chi connectivity index (χ0) is 9.90. The molecule has 0 aromatic heterocycles. The largest absolute Gasteiger partial charge is 0.455 e. The van der Waals surface area contributed by atoms with Gasteiger partial charge in [0, 0.05) is 0 Å². The van der Waals surface area contributed by atoms with Gasteiger partial charge in [0.2, 0.25) is 0 Å². The molecule has 0 saturated carbocycles. The Balaban J connectivity index is 2.64. The highest BCUT2D eigenvalue weighted by Gasteiger charge is 2.19. The fourth-order valence-electron chi connectivity index (χ4n) is 1.32. The van der Waals surface area contributed by atoms with Crippen molar-refractivity contribution >= 4 is 22.5 Å². The third kappa shape index (κ3) is 3.89. The quantitative estimate of drug-likeness (QED) is 0.694. The van der Waals surface area contributed by atoms with Crippen molar-refractivity contribution in [1.29, 1.82) is 0 Å². The molecular weight excluding hydrogens is 192 g/mol. The van der Waals surface area contributed by atoms with E-state index in [1.807, 2.05) is 0 Å². The van der Waals surface area contributed by atoms with E-state index < -0.39 is 17.4 Å². The third-order valence-electron chi connectivity index (χ3n) is 1.80. The predicted octanol–water partition coefficient (Wildman–Crippen LogP) is 2.10. The van der Waals surface area contributed by atoms with Crippen LogP contribution in [0.1, 0.15) is 0 Å². The molecular formula is C10H18OSi2. The number of hydrogen-bond acceptors (Lipinski definition) is 1. The summed E-state index contributed by atoms with van der Waals surface area (Å²) in [5, 5.41) is 1.41. The first-order valence-corrected chi connectivity index (χ1v) is 10.3. The molecule has 1 nitrogen and oxygen atoms in total. The molecule has 0 aliphatic carbocycles. The maximum atomic E-state index is 6.10. The lowest BCUT2D eigenvalue weighted by molar-refractivity contribution is 0.589. The van der Waals surface area contributed by atoms with Gasteiger partial charge in [-0.2, -0.15) is 0 Å². The van der Waals surface area contributed by atoms with Gasteiger partial charge in [0.25, 0.3) is 0 Å². The van der Waals surface area contributed by atoms with Crippen LogP contribution >= 0.6 is 0 Å². The summed E-state index contributed by atoms with van der Waals surface area (Å²) in [4.78, 5) is 0. The summed E-state index contributed by atoms with van der Waals surface area (Å²) in [6.45, 7) is 9.01. The zero-order valence-corrected chi connectivity index (χ0v) is 11.0. The van der Waals surface area contributed by atoms with E-state index in [9.17, 15) is 0 Å². The van der Waals surface area contributed by atoms with Crippen molar-refractivity contribution in [3.05, 3.63) is 30.3 Å². The average Bonchev–Trinajstić information content (AvgIpc) is 2.03. The Bertz CT molecular complexity index is 253. The molecule has 0 spiro atoms. The smallest absolute Gasteiger partial charge is 0.192 e. The molecule has 3 heteroatoms. The van der Waals surface area contributed by atoms with Crippen molar-refractivity contribution in [2.24, 2.45) is 0 Å². The van der Waals surface area contributed by atoms with Crippen molar-refractivity contribution in [3.63, 3.8) is 0 Å². The van der Waals surface area contributed by atoms with Gasteiger partial charge in [-0.1, -0.05) is 30.3 Å². The Labute approximate surface area is 83.6 Å². The molecule has 1 aromatic rings. The molecule has 0 heterocycles. The van der Waals surface area contributed by atoms with E-state index in [1.165, 1.54) is 5.19 Å². The Hall–Kier alpha value is -0.386. The Kier molecular flexibility index (Phi) is 3.47. The summed E-state index contributed by atoms with van der Waals surface area (Å²) in [6.07, 6.45) is 0. The topological polar surface area (TPSA) is 9.23 Å².